The van der Waals surface area contributed by atoms with E-state index in [1.54, 1.807) is 0 Å². The Morgan fingerprint density at radius 2 is 2.04 bits per heavy atom. The molecule has 4 atom stereocenters. The molecule has 0 aliphatic carbocycles. The summed E-state index contributed by atoms with van der Waals surface area (Å²) in [7, 11) is 0. The number of aromatic amines is 1. The molecule has 3 heterocycles. The van der Waals surface area contributed by atoms with Crippen molar-refractivity contribution in [3.63, 3.8) is 0 Å². The minimum atomic E-state index is -1.18. The number of nitrogens with zero attached hydrogens (tertiary/aromatic N) is 3. The summed E-state index contributed by atoms with van der Waals surface area (Å²) < 4.78 is 6.83. The zero-order valence-corrected chi connectivity index (χ0v) is 13.7. The first kappa shape index (κ1) is 19.0. The standard InChI is InChI=1S/C9H13N3O4S.C4H5N3O/c10-5-1-2-12(9(17)11-5)8-7(15)6(14)4(3-13)16-8;5-3-1-2-6-4(8)7-3/h1-2,4,6-8,13-15H,3H2,(H2,10,11,17);1-2H,(H3,5,6,7,8)/t4-,6-,7-,8-;/m1./s1. The highest BCUT2D eigenvalue weighted by Gasteiger charge is 2.43. The third-order valence-electron chi connectivity index (χ3n) is 3.34. The highest BCUT2D eigenvalue weighted by Crippen LogP contribution is 2.29. The predicted octanol–water partition coefficient (Wildman–Crippen LogP) is -1.84. The Labute approximate surface area is 146 Å². The summed E-state index contributed by atoms with van der Waals surface area (Å²) in [5.41, 5.74) is 10.2. The SMILES string of the molecule is Nc1ccn([C@@H]2O[C@H](CO)[C@@H](O)[C@H]2O)c(=S)n1.Nc1ccnc(=O)[nH]1. The number of aromatic nitrogens is 4. The molecule has 0 amide bonds. The molecule has 1 aliphatic heterocycles. The molecule has 0 radical (unpaired) electrons. The fraction of sp³-hybridized carbons (Fsp3) is 0.385. The third-order valence-corrected chi connectivity index (χ3v) is 3.64. The maximum Gasteiger partial charge on any atom is 0.346 e. The van der Waals surface area contributed by atoms with Gasteiger partial charge in [0.1, 0.15) is 29.9 Å². The zero-order chi connectivity index (χ0) is 18.6. The molecule has 8 N–H and O–H groups in total. The van der Waals surface area contributed by atoms with Crippen LogP contribution in [-0.2, 0) is 4.74 Å². The second kappa shape index (κ2) is 8.13. The minimum absolute atomic E-state index is 0.139. The summed E-state index contributed by atoms with van der Waals surface area (Å²) in [5, 5.41) is 28.4. The Morgan fingerprint density at radius 3 is 2.52 bits per heavy atom. The molecule has 0 bridgehead atoms. The summed E-state index contributed by atoms with van der Waals surface area (Å²) in [6.07, 6.45) is -1.18. The largest absolute Gasteiger partial charge is 0.394 e. The molecule has 0 unspecified atom stereocenters. The van der Waals surface area contributed by atoms with Crippen molar-refractivity contribution in [2.75, 3.05) is 18.1 Å². The van der Waals surface area contributed by atoms with Gasteiger partial charge in [0.2, 0.25) is 4.77 Å². The van der Waals surface area contributed by atoms with Crippen molar-refractivity contribution >= 4 is 23.9 Å². The molecule has 11 nitrogen and oxygen atoms in total. The van der Waals surface area contributed by atoms with Crippen molar-refractivity contribution in [3.05, 3.63) is 39.8 Å². The van der Waals surface area contributed by atoms with Gasteiger partial charge in [-0.15, -0.1) is 0 Å². The van der Waals surface area contributed by atoms with E-state index in [-0.39, 0.29) is 17.2 Å². The lowest BCUT2D eigenvalue weighted by Crippen LogP contribution is -2.33. The van der Waals surface area contributed by atoms with Gasteiger partial charge in [0.15, 0.2) is 6.23 Å². The minimum Gasteiger partial charge on any atom is -0.394 e. The van der Waals surface area contributed by atoms with Crippen molar-refractivity contribution in [3.8, 4) is 0 Å². The van der Waals surface area contributed by atoms with Crippen molar-refractivity contribution in [1.29, 1.82) is 0 Å². The van der Waals surface area contributed by atoms with E-state index >= 15 is 0 Å². The lowest BCUT2D eigenvalue weighted by atomic mass is 10.1. The van der Waals surface area contributed by atoms with E-state index in [0.717, 1.165) is 0 Å². The van der Waals surface area contributed by atoms with Crippen LogP contribution >= 0.6 is 12.2 Å². The first-order valence-electron chi connectivity index (χ1n) is 7.11. The number of H-pyrrole nitrogens is 1. The van der Waals surface area contributed by atoms with Gasteiger partial charge in [-0.1, -0.05) is 0 Å². The van der Waals surface area contributed by atoms with Gasteiger partial charge >= 0.3 is 5.69 Å². The summed E-state index contributed by atoms with van der Waals surface area (Å²) in [6, 6.07) is 3.02. The van der Waals surface area contributed by atoms with Crippen LogP contribution in [-0.4, -0.2) is 59.8 Å². The van der Waals surface area contributed by atoms with Gasteiger partial charge in [0, 0.05) is 12.4 Å². The highest BCUT2D eigenvalue weighted by molar-refractivity contribution is 7.71. The fourth-order valence-electron chi connectivity index (χ4n) is 2.11. The van der Waals surface area contributed by atoms with Crippen LogP contribution in [0.3, 0.4) is 0 Å². The van der Waals surface area contributed by atoms with Gasteiger partial charge in [-0.3, -0.25) is 9.55 Å². The fourth-order valence-corrected chi connectivity index (χ4v) is 2.38. The molecule has 3 rings (SSSR count). The van der Waals surface area contributed by atoms with Crippen molar-refractivity contribution in [2.45, 2.75) is 24.5 Å². The molecule has 12 heteroatoms. The molecule has 0 aromatic carbocycles. The predicted molar refractivity (Wildman–Crippen MR) is 89.8 cm³/mol. The van der Waals surface area contributed by atoms with E-state index < -0.39 is 30.2 Å². The van der Waals surface area contributed by atoms with Crippen molar-refractivity contribution in [1.82, 2.24) is 19.5 Å². The van der Waals surface area contributed by atoms with E-state index in [2.05, 4.69) is 15.0 Å². The molecule has 1 saturated heterocycles. The highest BCUT2D eigenvalue weighted by atomic mass is 32.1. The molecular formula is C13H18N6O5S. The topological polar surface area (TPSA) is 186 Å². The van der Waals surface area contributed by atoms with E-state index in [9.17, 15) is 15.0 Å². The maximum atomic E-state index is 10.2. The Balaban J connectivity index is 0.000000236. The van der Waals surface area contributed by atoms with Crippen LogP contribution < -0.4 is 17.2 Å². The first-order valence-corrected chi connectivity index (χ1v) is 7.52. The maximum absolute atomic E-state index is 10.2. The Bertz CT molecular complexity index is 827. The summed E-state index contributed by atoms with van der Waals surface area (Å²) in [4.78, 5) is 19.7. The number of hydrogen-bond donors (Lipinski definition) is 6. The second-order valence-corrected chi connectivity index (χ2v) is 5.47. The number of rotatable bonds is 2. The first-order chi connectivity index (χ1) is 11.8. The van der Waals surface area contributed by atoms with Gasteiger partial charge in [0.25, 0.3) is 0 Å². The van der Waals surface area contributed by atoms with Crippen molar-refractivity contribution < 1.29 is 20.1 Å². The quantitative estimate of drug-likeness (QED) is 0.328. The average Bonchev–Trinajstić information content (AvgIpc) is 2.83. The van der Waals surface area contributed by atoms with Crippen LogP contribution in [0.4, 0.5) is 11.6 Å². The molecule has 1 aliphatic rings. The number of anilines is 2. The number of hydrogen-bond acceptors (Lipinski definition) is 10. The molecule has 0 saturated carbocycles. The van der Waals surface area contributed by atoms with Crippen molar-refractivity contribution in [2.24, 2.45) is 0 Å². The van der Waals surface area contributed by atoms with Crippen LogP contribution in [0, 0.1) is 4.77 Å². The zero-order valence-electron chi connectivity index (χ0n) is 12.9. The van der Waals surface area contributed by atoms with E-state index in [1.165, 1.54) is 29.1 Å². The normalized spacial score (nSPS) is 25.2. The smallest absolute Gasteiger partial charge is 0.346 e. The lowest BCUT2D eigenvalue weighted by Gasteiger charge is -2.18. The second-order valence-electron chi connectivity index (χ2n) is 5.10. The van der Waals surface area contributed by atoms with Gasteiger partial charge in [-0.2, -0.15) is 0 Å². The lowest BCUT2D eigenvalue weighted by molar-refractivity contribution is -0.0540. The van der Waals surface area contributed by atoms with E-state index in [0.29, 0.717) is 5.82 Å². The molecule has 1 fully saturated rings. The van der Waals surface area contributed by atoms with Crippen LogP contribution in [0.2, 0.25) is 0 Å². The Kier molecular flexibility index (Phi) is 6.17. The van der Waals surface area contributed by atoms with Gasteiger partial charge < -0.3 is 31.5 Å². The number of aliphatic hydroxyl groups excluding tert-OH is 3. The monoisotopic (exact) mass is 370 g/mol. The Hall–Kier alpha value is -2.38. The summed E-state index contributed by atoms with van der Waals surface area (Å²) >= 11 is 4.98. The van der Waals surface area contributed by atoms with Gasteiger partial charge in [0.05, 0.1) is 6.61 Å². The molecule has 25 heavy (non-hydrogen) atoms. The summed E-state index contributed by atoms with van der Waals surface area (Å²) in [6.45, 7) is -0.384. The van der Waals surface area contributed by atoms with E-state index in [4.69, 9.17) is 33.5 Å². The third kappa shape index (κ3) is 4.58. The number of ether oxygens (including phenoxy) is 1. The number of nitrogens with one attached hydrogen (secondary N) is 1. The molecule has 2 aromatic heterocycles. The average molecular weight is 370 g/mol. The number of aliphatic hydroxyl groups is 3. The van der Waals surface area contributed by atoms with Crippen LogP contribution in [0.15, 0.2) is 29.3 Å². The molecule has 2 aromatic rings. The van der Waals surface area contributed by atoms with Gasteiger partial charge in [-0.05, 0) is 24.4 Å². The Morgan fingerprint density at radius 1 is 1.32 bits per heavy atom. The number of nitrogen functional groups attached to an aromatic ring is 2. The summed E-state index contributed by atoms with van der Waals surface area (Å²) in [5.74, 6) is 0.600. The van der Waals surface area contributed by atoms with E-state index in [1.807, 2.05) is 0 Å². The number of nitrogens with two attached hydrogens (primary N) is 2. The van der Waals surface area contributed by atoms with Crippen LogP contribution in [0.5, 0.6) is 0 Å². The van der Waals surface area contributed by atoms with Crippen LogP contribution in [0.25, 0.3) is 0 Å². The molecule has 0 spiro atoms. The molecule has 136 valence electrons. The van der Waals surface area contributed by atoms with Crippen LogP contribution in [0.1, 0.15) is 6.23 Å². The van der Waals surface area contributed by atoms with Gasteiger partial charge in [-0.25, -0.2) is 14.8 Å². The molecular weight excluding hydrogens is 352 g/mol.